The Morgan fingerprint density at radius 2 is 2.11 bits per heavy atom. The highest BCUT2D eigenvalue weighted by Crippen LogP contribution is 2.22. The molecule has 0 bridgehead atoms. The summed E-state index contributed by atoms with van der Waals surface area (Å²) in [5.74, 6) is -2.08. The fraction of sp³-hybridized carbons (Fsp3) is 0.455. The molecule has 2 N–H and O–H groups in total. The highest BCUT2D eigenvalue weighted by Gasteiger charge is 2.22. The molecule has 106 valence electrons. The van der Waals surface area contributed by atoms with Gasteiger partial charge in [0.2, 0.25) is 5.82 Å². The Balaban J connectivity index is 3.00. The molecule has 0 heterocycles. The number of rotatable bonds is 6. The number of nitrogens with zero attached hydrogens (tertiary/aromatic N) is 1. The second kappa shape index (κ2) is 6.07. The molecule has 0 amide bonds. The maximum Gasteiger partial charge on any atom is 0.305 e. The molecule has 0 aromatic heterocycles. The highest BCUT2D eigenvalue weighted by molar-refractivity contribution is 7.90. The van der Waals surface area contributed by atoms with Crippen LogP contribution in [0.2, 0.25) is 0 Å². The summed E-state index contributed by atoms with van der Waals surface area (Å²) in [6.45, 7) is 1.87. The molecule has 0 aliphatic heterocycles. The number of hydrogen-bond donors (Lipinski definition) is 1. The Kier molecular flexibility index (Phi) is 4.96. The van der Waals surface area contributed by atoms with E-state index in [-0.39, 0.29) is 23.8 Å². The van der Waals surface area contributed by atoms with Crippen molar-refractivity contribution in [1.82, 2.24) is 0 Å². The Hall–Kier alpha value is -1.54. The predicted molar refractivity (Wildman–Crippen MR) is 68.8 cm³/mol. The predicted octanol–water partition coefficient (Wildman–Crippen LogP) is 1.24. The number of halogens is 1. The number of nitro benzene ring substituents is 1. The van der Waals surface area contributed by atoms with Crippen LogP contribution in [0.4, 0.5) is 10.1 Å². The van der Waals surface area contributed by atoms with Crippen LogP contribution < -0.4 is 5.73 Å². The van der Waals surface area contributed by atoms with Gasteiger partial charge in [0.1, 0.15) is 0 Å². The lowest BCUT2D eigenvalue weighted by molar-refractivity contribution is -0.387. The van der Waals surface area contributed by atoms with Crippen molar-refractivity contribution in [3.63, 3.8) is 0 Å². The standard InChI is InChI=1S/C11H15FN2O4S/c1-8(5-13)6-19(17,18)7-9-3-2-4-10(11(9)12)14(15)16/h2-4,8H,5-7,13H2,1H3. The average molecular weight is 290 g/mol. The van der Waals surface area contributed by atoms with Crippen LogP contribution in [-0.4, -0.2) is 25.6 Å². The molecular formula is C11H15FN2O4S. The molecule has 0 fully saturated rings. The minimum atomic E-state index is -3.55. The van der Waals surface area contributed by atoms with Gasteiger partial charge in [-0.1, -0.05) is 19.1 Å². The summed E-state index contributed by atoms with van der Waals surface area (Å²) in [6, 6.07) is 3.49. The third-order valence-electron chi connectivity index (χ3n) is 2.57. The van der Waals surface area contributed by atoms with Crippen LogP contribution in [0, 0.1) is 21.8 Å². The lowest BCUT2D eigenvalue weighted by atomic mass is 10.2. The maximum absolute atomic E-state index is 13.7. The fourth-order valence-electron chi connectivity index (χ4n) is 1.62. The van der Waals surface area contributed by atoms with Crippen molar-refractivity contribution in [2.75, 3.05) is 12.3 Å². The normalized spacial score (nSPS) is 13.2. The number of nitrogens with two attached hydrogens (primary N) is 1. The van der Waals surface area contributed by atoms with Crippen molar-refractivity contribution in [2.45, 2.75) is 12.7 Å². The van der Waals surface area contributed by atoms with Gasteiger partial charge >= 0.3 is 5.69 Å². The first-order valence-corrected chi connectivity index (χ1v) is 7.41. The summed E-state index contributed by atoms with van der Waals surface area (Å²) in [5.41, 5.74) is 4.42. The molecule has 0 spiro atoms. The second-order valence-electron chi connectivity index (χ2n) is 4.40. The Morgan fingerprint density at radius 3 is 2.63 bits per heavy atom. The minimum Gasteiger partial charge on any atom is -0.330 e. The molecule has 1 rings (SSSR count). The molecule has 1 aromatic carbocycles. The van der Waals surface area contributed by atoms with Gasteiger partial charge in [0.25, 0.3) is 0 Å². The van der Waals surface area contributed by atoms with Crippen LogP contribution in [0.3, 0.4) is 0 Å². The van der Waals surface area contributed by atoms with Crippen LogP contribution in [0.15, 0.2) is 18.2 Å². The van der Waals surface area contributed by atoms with Gasteiger partial charge in [0.05, 0.1) is 16.4 Å². The average Bonchev–Trinajstić information content (AvgIpc) is 2.30. The largest absolute Gasteiger partial charge is 0.330 e. The lowest BCUT2D eigenvalue weighted by Crippen LogP contribution is -2.22. The van der Waals surface area contributed by atoms with Crippen molar-refractivity contribution < 1.29 is 17.7 Å². The summed E-state index contributed by atoms with van der Waals surface area (Å²) >= 11 is 0. The molecule has 1 aromatic rings. The van der Waals surface area contributed by atoms with Crippen LogP contribution >= 0.6 is 0 Å². The van der Waals surface area contributed by atoms with Crippen LogP contribution in [0.5, 0.6) is 0 Å². The molecule has 0 aliphatic carbocycles. The molecular weight excluding hydrogens is 275 g/mol. The van der Waals surface area contributed by atoms with E-state index in [1.807, 2.05) is 0 Å². The van der Waals surface area contributed by atoms with E-state index in [2.05, 4.69) is 0 Å². The number of benzene rings is 1. The zero-order valence-corrected chi connectivity index (χ0v) is 11.2. The molecule has 1 atom stereocenters. The summed E-state index contributed by atoms with van der Waals surface area (Å²) in [7, 11) is -3.55. The topological polar surface area (TPSA) is 103 Å². The van der Waals surface area contributed by atoms with Gasteiger partial charge < -0.3 is 5.73 Å². The second-order valence-corrected chi connectivity index (χ2v) is 6.51. The highest BCUT2D eigenvalue weighted by atomic mass is 32.2. The quantitative estimate of drug-likeness (QED) is 0.627. The van der Waals surface area contributed by atoms with Crippen LogP contribution in [-0.2, 0) is 15.6 Å². The van der Waals surface area contributed by atoms with E-state index in [0.717, 1.165) is 6.07 Å². The Labute approximate surface area is 110 Å². The van der Waals surface area contributed by atoms with Crippen LogP contribution in [0.1, 0.15) is 12.5 Å². The summed E-state index contributed by atoms with van der Waals surface area (Å²) in [6.07, 6.45) is 0. The molecule has 0 saturated heterocycles. The zero-order valence-electron chi connectivity index (χ0n) is 10.4. The van der Waals surface area contributed by atoms with E-state index < -0.39 is 32.0 Å². The third kappa shape index (κ3) is 4.25. The number of hydrogen-bond acceptors (Lipinski definition) is 5. The number of nitro groups is 1. The van der Waals surface area contributed by atoms with Crippen molar-refractivity contribution in [2.24, 2.45) is 11.7 Å². The molecule has 0 saturated carbocycles. The Morgan fingerprint density at radius 1 is 1.47 bits per heavy atom. The van der Waals surface area contributed by atoms with E-state index in [1.165, 1.54) is 12.1 Å². The van der Waals surface area contributed by atoms with Crippen molar-refractivity contribution >= 4 is 15.5 Å². The SMILES string of the molecule is CC(CN)CS(=O)(=O)Cc1cccc([N+](=O)[O-])c1F. The first-order valence-electron chi connectivity index (χ1n) is 5.59. The number of sulfone groups is 1. The lowest BCUT2D eigenvalue weighted by Gasteiger charge is -2.10. The molecule has 6 nitrogen and oxygen atoms in total. The van der Waals surface area contributed by atoms with E-state index in [0.29, 0.717) is 0 Å². The van der Waals surface area contributed by atoms with Gasteiger partial charge in [0.15, 0.2) is 9.84 Å². The molecule has 1 unspecified atom stereocenters. The molecule has 0 radical (unpaired) electrons. The van der Waals surface area contributed by atoms with E-state index in [1.54, 1.807) is 6.92 Å². The summed E-state index contributed by atoms with van der Waals surface area (Å²) < 4.78 is 37.4. The van der Waals surface area contributed by atoms with E-state index in [9.17, 15) is 22.9 Å². The van der Waals surface area contributed by atoms with Crippen molar-refractivity contribution in [1.29, 1.82) is 0 Å². The molecule has 8 heteroatoms. The molecule has 19 heavy (non-hydrogen) atoms. The van der Waals surface area contributed by atoms with E-state index >= 15 is 0 Å². The van der Waals surface area contributed by atoms with Crippen LogP contribution in [0.25, 0.3) is 0 Å². The third-order valence-corrected chi connectivity index (χ3v) is 4.40. The Bertz CT molecular complexity index is 574. The van der Waals surface area contributed by atoms with Gasteiger partial charge in [-0.15, -0.1) is 0 Å². The van der Waals surface area contributed by atoms with Gasteiger partial charge in [-0.05, 0) is 12.5 Å². The van der Waals surface area contributed by atoms with Gasteiger partial charge in [0, 0.05) is 11.6 Å². The van der Waals surface area contributed by atoms with E-state index in [4.69, 9.17) is 5.73 Å². The zero-order chi connectivity index (χ0) is 14.6. The summed E-state index contributed by atoms with van der Waals surface area (Å²) in [4.78, 5) is 9.68. The van der Waals surface area contributed by atoms with Gasteiger partial charge in [-0.2, -0.15) is 4.39 Å². The summed E-state index contributed by atoms with van der Waals surface area (Å²) in [5, 5.41) is 10.6. The molecule has 0 aliphatic rings. The van der Waals surface area contributed by atoms with Crippen molar-refractivity contribution in [3.05, 3.63) is 39.7 Å². The van der Waals surface area contributed by atoms with Gasteiger partial charge in [-0.3, -0.25) is 10.1 Å². The first-order chi connectivity index (χ1) is 8.76. The smallest absolute Gasteiger partial charge is 0.305 e. The maximum atomic E-state index is 13.7. The van der Waals surface area contributed by atoms with Crippen molar-refractivity contribution in [3.8, 4) is 0 Å². The van der Waals surface area contributed by atoms with Gasteiger partial charge in [-0.25, -0.2) is 8.42 Å². The minimum absolute atomic E-state index is 0.175. The fourth-order valence-corrected chi connectivity index (χ4v) is 3.43. The monoisotopic (exact) mass is 290 g/mol. The first kappa shape index (κ1) is 15.5.